The molecule has 1 saturated heterocycles. The lowest BCUT2D eigenvalue weighted by Gasteiger charge is -2.20. The maximum Gasteiger partial charge on any atom is 0.409 e. The fourth-order valence-corrected chi connectivity index (χ4v) is 2.95. The van der Waals surface area contributed by atoms with E-state index in [2.05, 4.69) is 0 Å². The van der Waals surface area contributed by atoms with Crippen LogP contribution in [0.15, 0.2) is 35.9 Å². The first-order valence-corrected chi connectivity index (χ1v) is 8.46. The lowest BCUT2D eigenvalue weighted by atomic mass is 10.0. The molecule has 25 heavy (non-hydrogen) atoms. The van der Waals surface area contributed by atoms with Gasteiger partial charge in [0.1, 0.15) is 5.75 Å². The Morgan fingerprint density at radius 1 is 1.08 bits per heavy atom. The number of hydrogen-bond donors (Lipinski definition) is 0. The number of carbonyl (C=O) groups excluding carboxylic acids is 2. The van der Waals surface area contributed by atoms with Crippen LogP contribution in [0, 0.1) is 0 Å². The van der Waals surface area contributed by atoms with Crippen molar-refractivity contribution in [3.63, 3.8) is 0 Å². The summed E-state index contributed by atoms with van der Waals surface area (Å²) in [4.78, 5) is 27.6. The molecule has 1 heterocycles. The van der Waals surface area contributed by atoms with Crippen molar-refractivity contribution < 1.29 is 19.1 Å². The predicted molar refractivity (Wildman–Crippen MR) is 95.6 cm³/mol. The van der Waals surface area contributed by atoms with Gasteiger partial charge in [-0.05, 0) is 31.4 Å². The lowest BCUT2D eigenvalue weighted by molar-refractivity contribution is -0.125. The molecule has 1 aromatic carbocycles. The van der Waals surface area contributed by atoms with Crippen molar-refractivity contribution in [2.24, 2.45) is 0 Å². The average molecular weight is 346 g/mol. The zero-order valence-corrected chi connectivity index (χ0v) is 15.2. The monoisotopic (exact) mass is 346 g/mol. The van der Waals surface area contributed by atoms with Gasteiger partial charge in [-0.3, -0.25) is 4.79 Å². The molecule has 0 unspecified atom stereocenters. The number of carbonyl (C=O) groups is 2. The Labute approximate surface area is 149 Å². The van der Waals surface area contributed by atoms with Crippen LogP contribution in [0.2, 0.25) is 0 Å². The Kier molecular flexibility index (Phi) is 6.86. The van der Waals surface area contributed by atoms with Crippen molar-refractivity contribution in [1.82, 2.24) is 9.80 Å². The number of benzene rings is 1. The zero-order valence-electron chi connectivity index (χ0n) is 15.2. The molecule has 6 nitrogen and oxygen atoms in total. The quantitative estimate of drug-likeness (QED) is 0.786. The van der Waals surface area contributed by atoms with Crippen LogP contribution in [-0.4, -0.2) is 62.2 Å². The van der Waals surface area contributed by atoms with Gasteiger partial charge in [0.25, 0.3) is 0 Å². The standard InChI is InChI=1S/C19H26N2O4/c1-15(13-16-7-4-5-8-17(16)24-2)14-18(22)20-9-6-10-21(12-11-20)19(23)25-3/h4-5,7-8,14H,6,9-13H2,1-3H3. The molecule has 1 aliphatic rings. The summed E-state index contributed by atoms with van der Waals surface area (Å²) < 4.78 is 10.1. The van der Waals surface area contributed by atoms with E-state index in [4.69, 9.17) is 9.47 Å². The van der Waals surface area contributed by atoms with Gasteiger partial charge in [0.15, 0.2) is 0 Å². The zero-order chi connectivity index (χ0) is 18.2. The number of hydrogen-bond acceptors (Lipinski definition) is 4. The molecule has 1 aliphatic heterocycles. The summed E-state index contributed by atoms with van der Waals surface area (Å²) in [5.74, 6) is 0.810. The van der Waals surface area contributed by atoms with Crippen molar-refractivity contribution in [3.8, 4) is 5.75 Å². The summed E-state index contributed by atoms with van der Waals surface area (Å²) in [7, 11) is 3.02. The summed E-state index contributed by atoms with van der Waals surface area (Å²) in [6.07, 6.45) is 2.76. The minimum absolute atomic E-state index is 0.0147. The van der Waals surface area contributed by atoms with Crippen LogP contribution in [0.3, 0.4) is 0 Å². The molecule has 1 fully saturated rings. The second kappa shape index (κ2) is 9.11. The van der Waals surface area contributed by atoms with Crippen LogP contribution in [0.4, 0.5) is 4.79 Å². The number of ether oxygens (including phenoxy) is 2. The third kappa shape index (κ3) is 5.24. The van der Waals surface area contributed by atoms with E-state index in [1.807, 2.05) is 31.2 Å². The van der Waals surface area contributed by atoms with E-state index in [0.717, 1.165) is 23.3 Å². The SMILES string of the molecule is COC(=O)N1CCCN(C(=O)C=C(C)Cc2ccccc2OC)CC1. The summed E-state index contributed by atoms with van der Waals surface area (Å²) >= 11 is 0. The highest BCUT2D eigenvalue weighted by molar-refractivity contribution is 5.88. The van der Waals surface area contributed by atoms with Gasteiger partial charge < -0.3 is 19.3 Å². The van der Waals surface area contributed by atoms with Crippen LogP contribution in [0.1, 0.15) is 18.9 Å². The second-order valence-corrected chi connectivity index (χ2v) is 6.12. The van der Waals surface area contributed by atoms with Crippen LogP contribution in [0.5, 0.6) is 5.75 Å². The molecule has 0 saturated carbocycles. The first kappa shape index (κ1) is 18.8. The fourth-order valence-electron chi connectivity index (χ4n) is 2.95. The highest BCUT2D eigenvalue weighted by Gasteiger charge is 2.21. The predicted octanol–water partition coefficient (Wildman–Crippen LogP) is 2.48. The normalized spacial score (nSPS) is 15.6. The second-order valence-electron chi connectivity index (χ2n) is 6.12. The van der Waals surface area contributed by atoms with Gasteiger partial charge in [-0.15, -0.1) is 0 Å². The van der Waals surface area contributed by atoms with Crippen LogP contribution in [0.25, 0.3) is 0 Å². The molecule has 2 amide bonds. The minimum Gasteiger partial charge on any atom is -0.496 e. The van der Waals surface area contributed by atoms with E-state index in [0.29, 0.717) is 32.6 Å². The molecule has 0 aliphatic carbocycles. The van der Waals surface area contributed by atoms with E-state index in [1.54, 1.807) is 23.0 Å². The van der Waals surface area contributed by atoms with Crippen LogP contribution in [-0.2, 0) is 16.0 Å². The van der Waals surface area contributed by atoms with Crippen molar-refractivity contribution in [2.45, 2.75) is 19.8 Å². The number of para-hydroxylation sites is 1. The summed E-state index contributed by atoms with van der Waals surface area (Å²) in [5, 5.41) is 0. The summed E-state index contributed by atoms with van der Waals surface area (Å²) in [6.45, 7) is 4.22. The average Bonchev–Trinajstić information content (AvgIpc) is 2.87. The first-order chi connectivity index (χ1) is 12.0. The van der Waals surface area contributed by atoms with E-state index >= 15 is 0 Å². The Morgan fingerprint density at radius 3 is 2.48 bits per heavy atom. The molecule has 0 atom stereocenters. The van der Waals surface area contributed by atoms with E-state index in [-0.39, 0.29) is 12.0 Å². The molecule has 1 aromatic rings. The summed E-state index contributed by atoms with van der Waals surface area (Å²) in [6, 6.07) is 7.81. The van der Waals surface area contributed by atoms with E-state index < -0.39 is 0 Å². The minimum atomic E-state index is -0.336. The van der Waals surface area contributed by atoms with Gasteiger partial charge in [0.05, 0.1) is 14.2 Å². The summed E-state index contributed by atoms with van der Waals surface area (Å²) in [5.41, 5.74) is 2.03. The Hall–Kier alpha value is -2.50. The number of amides is 2. The van der Waals surface area contributed by atoms with E-state index in [1.165, 1.54) is 7.11 Å². The Morgan fingerprint density at radius 2 is 1.76 bits per heavy atom. The maximum atomic E-state index is 12.5. The number of allylic oxidation sites excluding steroid dienone is 1. The van der Waals surface area contributed by atoms with Crippen molar-refractivity contribution in [1.29, 1.82) is 0 Å². The van der Waals surface area contributed by atoms with Gasteiger partial charge in [0.2, 0.25) is 5.91 Å². The molecule has 0 aromatic heterocycles. The number of rotatable bonds is 4. The van der Waals surface area contributed by atoms with Crippen LogP contribution >= 0.6 is 0 Å². The van der Waals surface area contributed by atoms with Gasteiger partial charge in [-0.2, -0.15) is 0 Å². The molecule has 0 radical (unpaired) electrons. The first-order valence-electron chi connectivity index (χ1n) is 8.46. The molecule has 2 rings (SSSR count). The number of methoxy groups -OCH3 is 2. The Balaban J connectivity index is 1.97. The van der Waals surface area contributed by atoms with E-state index in [9.17, 15) is 9.59 Å². The van der Waals surface area contributed by atoms with Crippen molar-refractivity contribution >= 4 is 12.0 Å². The smallest absolute Gasteiger partial charge is 0.409 e. The molecule has 136 valence electrons. The maximum absolute atomic E-state index is 12.5. The molecule has 0 bridgehead atoms. The molecule has 0 spiro atoms. The molecule has 0 N–H and O–H groups in total. The van der Waals surface area contributed by atoms with Gasteiger partial charge in [-0.25, -0.2) is 4.79 Å². The molecule has 6 heteroatoms. The third-order valence-electron chi connectivity index (χ3n) is 4.27. The molecular weight excluding hydrogens is 320 g/mol. The van der Waals surface area contributed by atoms with Crippen molar-refractivity contribution in [2.75, 3.05) is 40.4 Å². The van der Waals surface area contributed by atoms with Gasteiger partial charge >= 0.3 is 6.09 Å². The number of nitrogens with zero attached hydrogens (tertiary/aromatic N) is 2. The van der Waals surface area contributed by atoms with Gasteiger partial charge in [0, 0.05) is 32.3 Å². The van der Waals surface area contributed by atoms with Crippen molar-refractivity contribution in [3.05, 3.63) is 41.5 Å². The fraction of sp³-hybridized carbons (Fsp3) is 0.474. The largest absolute Gasteiger partial charge is 0.496 e. The topological polar surface area (TPSA) is 59.1 Å². The lowest BCUT2D eigenvalue weighted by Crippen LogP contribution is -2.36. The molecular formula is C19H26N2O4. The highest BCUT2D eigenvalue weighted by atomic mass is 16.5. The third-order valence-corrected chi connectivity index (χ3v) is 4.27. The van der Waals surface area contributed by atoms with Crippen LogP contribution < -0.4 is 4.74 Å². The Bertz CT molecular complexity index is 642. The highest BCUT2D eigenvalue weighted by Crippen LogP contribution is 2.20. The van der Waals surface area contributed by atoms with Gasteiger partial charge in [-0.1, -0.05) is 23.8 Å².